The van der Waals surface area contributed by atoms with Crippen molar-refractivity contribution in [1.29, 1.82) is 0 Å². The number of anilines is 1. The minimum absolute atomic E-state index is 0.0144. The molecule has 1 N–H and O–H groups in total. The van der Waals surface area contributed by atoms with Gasteiger partial charge in [-0.2, -0.15) is 13.6 Å². The van der Waals surface area contributed by atoms with E-state index in [-0.39, 0.29) is 10.7 Å². The monoisotopic (exact) mass is 243 g/mol. The van der Waals surface area contributed by atoms with Crippen LogP contribution >= 0.6 is 11.6 Å². The average Bonchev–Trinajstić information content (AvgIpc) is 2.16. The molecule has 7 heteroatoms. The van der Waals surface area contributed by atoms with E-state index < -0.39 is 12.5 Å². The second-order valence-electron chi connectivity index (χ2n) is 2.55. The lowest BCUT2D eigenvalue weighted by molar-refractivity contribution is -0.287. The summed E-state index contributed by atoms with van der Waals surface area (Å²) in [5, 5.41) is 0.0857. The number of halogens is 5. The molecule has 0 aliphatic rings. The highest BCUT2D eigenvalue weighted by atomic mass is 35.5. The molecule has 0 bridgehead atoms. The van der Waals surface area contributed by atoms with Crippen LogP contribution in [0.1, 0.15) is 0 Å². The van der Waals surface area contributed by atoms with E-state index in [0.29, 0.717) is 0 Å². The van der Waals surface area contributed by atoms with E-state index in [4.69, 9.17) is 11.6 Å². The Morgan fingerprint density at radius 3 is 2.40 bits per heavy atom. The van der Waals surface area contributed by atoms with E-state index in [1.165, 1.54) is 18.2 Å². The van der Waals surface area contributed by atoms with Crippen molar-refractivity contribution >= 4 is 17.3 Å². The van der Waals surface area contributed by atoms with Crippen molar-refractivity contribution in [3.05, 3.63) is 29.3 Å². The van der Waals surface area contributed by atoms with Gasteiger partial charge >= 0.3 is 12.5 Å². The third-order valence-corrected chi connectivity index (χ3v) is 1.75. The Hall–Kier alpha value is -1.01. The molecule has 0 fully saturated rings. The molecular formula is C8H6ClF4NO. The van der Waals surface area contributed by atoms with Crippen LogP contribution in [0.15, 0.2) is 24.3 Å². The topological polar surface area (TPSA) is 21.3 Å². The Labute approximate surface area is 87.7 Å². The van der Waals surface area contributed by atoms with Gasteiger partial charge in [0.15, 0.2) is 0 Å². The fourth-order valence-corrected chi connectivity index (χ4v) is 0.886. The Bertz CT molecular complexity index is 334. The summed E-state index contributed by atoms with van der Waals surface area (Å²) in [4.78, 5) is 3.54. The number of rotatable bonds is 4. The predicted octanol–water partition coefficient (Wildman–Crippen LogP) is 3.54. The number of hydrogen-bond acceptors (Lipinski definition) is 2. The molecule has 0 saturated heterocycles. The van der Waals surface area contributed by atoms with Crippen LogP contribution in [0, 0.1) is 0 Å². The lowest BCUT2D eigenvalue weighted by atomic mass is 10.3. The quantitative estimate of drug-likeness (QED) is 0.645. The van der Waals surface area contributed by atoms with Crippen LogP contribution in [-0.2, 0) is 4.84 Å². The van der Waals surface area contributed by atoms with Crippen molar-refractivity contribution in [3.8, 4) is 0 Å². The number of nitrogens with one attached hydrogen (secondary N) is 1. The van der Waals surface area contributed by atoms with Crippen molar-refractivity contribution < 1.29 is 22.4 Å². The molecule has 0 saturated carbocycles. The number of hydrogen-bond donors (Lipinski definition) is 1. The fraction of sp³-hybridized carbons (Fsp3) is 0.250. The van der Waals surface area contributed by atoms with E-state index in [9.17, 15) is 17.6 Å². The first kappa shape index (κ1) is 12.1. The number of alkyl halides is 4. The highest BCUT2D eigenvalue weighted by Crippen LogP contribution is 2.27. The minimum Gasteiger partial charge on any atom is -0.259 e. The SMILES string of the molecule is FC(F)C(F)(F)ONc1ccccc1Cl. The molecule has 2 nitrogen and oxygen atoms in total. The van der Waals surface area contributed by atoms with Crippen LogP contribution in [0.2, 0.25) is 5.02 Å². The normalized spacial score (nSPS) is 11.9. The lowest BCUT2D eigenvalue weighted by Crippen LogP contribution is -2.32. The van der Waals surface area contributed by atoms with E-state index in [1.807, 2.05) is 0 Å². The number of benzene rings is 1. The molecule has 0 radical (unpaired) electrons. The third-order valence-electron chi connectivity index (χ3n) is 1.42. The van der Waals surface area contributed by atoms with E-state index in [2.05, 4.69) is 4.84 Å². The summed E-state index contributed by atoms with van der Waals surface area (Å²) in [5.41, 5.74) is 1.66. The zero-order chi connectivity index (χ0) is 11.5. The van der Waals surface area contributed by atoms with Gasteiger partial charge in [-0.3, -0.25) is 5.48 Å². The molecule has 0 unspecified atom stereocenters. The van der Waals surface area contributed by atoms with Gasteiger partial charge in [0.25, 0.3) is 0 Å². The first-order chi connectivity index (χ1) is 6.93. The molecule has 15 heavy (non-hydrogen) atoms. The number of para-hydroxylation sites is 1. The molecule has 0 spiro atoms. The van der Waals surface area contributed by atoms with Gasteiger partial charge in [-0.15, -0.1) is 0 Å². The maximum atomic E-state index is 12.3. The summed E-state index contributed by atoms with van der Waals surface area (Å²) in [6.45, 7) is 0. The smallest absolute Gasteiger partial charge is 0.259 e. The van der Waals surface area contributed by atoms with Gasteiger partial charge in [0.05, 0.1) is 10.7 Å². The van der Waals surface area contributed by atoms with Crippen LogP contribution in [0.5, 0.6) is 0 Å². The zero-order valence-corrected chi connectivity index (χ0v) is 7.94. The van der Waals surface area contributed by atoms with Crippen molar-refractivity contribution in [2.45, 2.75) is 12.5 Å². The lowest BCUT2D eigenvalue weighted by Gasteiger charge is -2.16. The third kappa shape index (κ3) is 3.24. The van der Waals surface area contributed by atoms with E-state index >= 15 is 0 Å². The molecule has 0 amide bonds. The summed E-state index contributed by atoms with van der Waals surface area (Å²) in [6.07, 6.45) is -8.47. The Morgan fingerprint density at radius 1 is 1.27 bits per heavy atom. The summed E-state index contributed by atoms with van der Waals surface area (Å²) in [7, 11) is 0. The zero-order valence-electron chi connectivity index (χ0n) is 7.18. The summed E-state index contributed by atoms with van der Waals surface area (Å²) >= 11 is 5.56. The average molecular weight is 244 g/mol. The molecule has 0 heterocycles. The minimum atomic E-state index is -4.56. The highest BCUT2D eigenvalue weighted by Gasteiger charge is 2.43. The van der Waals surface area contributed by atoms with Gasteiger partial charge in [-0.1, -0.05) is 23.7 Å². The van der Waals surface area contributed by atoms with Gasteiger partial charge < -0.3 is 0 Å². The molecule has 1 aromatic rings. The van der Waals surface area contributed by atoms with Crippen molar-refractivity contribution in [3.63, 3.8) is 0 Å². The van der Waals surface area contributed by atoms with Crippen molar-refractivity contribution in [1.82, 2.24) is 0 Å². The Balaban J connectivity index is 2.62. The first-order valence-corrected chi connectivity index (χ1v) is 4.16. The van der Waals surface area contributed by atoms with Gasteiger partial charge in [0, 0.05) is 0 Å². The molecule has 1 aromatic carbocycles. The maximum absolute atomic E-state index is 12.3. The molecule has 0 atom stereocenters. The molecule has 1 rings (SSSR count). The Kier molecular flexibility index (Phi) is 3.76. The fourth-order valence-electron chi connectivity index (χ4n) is 0.712. The molecular weight excluding hydrogens is 238 g/mol. The predicted molar refractivity (Wildman–Crippen MR) is 47.1 cm³/mol. The van der Waals surface area contributed by atoms with Gasteiger partial charge in [0.2, 0.25) is 0 Å². The van der Waals surface area contributed by atoms with Gasteiger partial charge in [-0.25, -0.2) is 8.78 Å². The van der Waals surface area contributed by atoms with Crippen LogP contribution in [0.25, 0.3) is 0 Å². The van der Waals surface area contributed by atoms with Crippen molar-refractivity contribution in [2.75, 3.05) is 5.48 Å². The second-order valence-corrected chi connectivity index (χ2v) is 2.95. The van der Waals surface area contributed by atoms with Crippen molar-refractivity contribution in [2.24, 2.45) is 0 Å². The van der Waals surface area contributed by atoms with Gasteiger partial charge in [0.1, 0.15) is 0 Å². The molecule has 0 aliphatic carbocycles. The molecule has 0 aliphatic heterocycles. The van der Waals surface area contributed by atoms with Crippen LogP contribution in [0.3, 0.4) is 0 Å². The summed E-state index contributed by atoms with van der Waals surface area (Å²) in [6, 6.07) is 5.74. The van der Waals surface area contributed by atoms with Crippen LogP contribution in [0.4, 0.5) is 23.2 Å². The van der Waals surface area contributed by atoms with Gasteiger partial charge in [-0.05, 0) is 12.1 Å². The van der Waals surface area contributed by atoms with E-state index in [0.717, 1.165) is 0 Å². The second kappa shape index (κ2) is 4.67. The summed E-state index contributed by atoms with van der Waals surface area (Å²) < 4.78 is 47.9. The van der Waals surface area contributed by atoms with Crippen LogP contribution < -0.4 is 5.48 Å². The van der Waals surface area contributed by atoms with E-state index in [1.54, 1.807) is 11.5 Å². The maximum Gasteiger partial charge on any atom is 0.436 e. The highest BCUT2D eigenvalue weighted by molar-refractivity contribution is 6.33. The molecule has 0 aromatic heterocycles. The Morgan fingerprint density at radius 2 is 1.87 bits per heavy atom. The standard InChI is InChI=1S/C8H6ClF4NO/c9-5-3-1-2-4-6(5)14-15-8(12,13)7(10)11/h1-4,7,14H. The summed E-state index contributed by atoms with van der Waals surface area (Å²) in [5.74, 6) is 0. The van der Waals surface area contributed by atoms with Crippen LogP contribution in [-0.4, -0.2) is 12.5 Å². The molecule has 84 valence electrons. The first-order valence-electron chi connectivity index (χ1n) is 3.78. The largest absolute Gasteiger partial charge is 0.436 e.